The topological polar surface area (TPSA) is 179 Å². The van der Waals surface area contributed by atoms with Gasteiger partial charge in [-0.25, -0.2) is 9.59 Å². The molecule has 3 aromatic carbocycles. The van der Waals surface area contributed by atoms with Crippen molar-refractivity contribution in [3.8, 4) is 5.75 Å². The first kappa shape index (κ1) is 48.5. The van der Waals surface area contributed by atoms with Crippen molar-refractivity contribution >= 4 is 41.4 Å². The Kier molecular flexibility index (Phi) is 15.6. The van der Waals surface area contributed by atoms with E-state index >= 15 is 0 Å². The van der Waals surface area contributed by atoms with E-state index in [-0.39, 0.29) is 43.7 Å². The molecule has 3 heterocycles. The van der Waals surface area contributed by atoms with E-state index in [2.05, 4.69) is 20.9 Å². The minimum absolute atomic E-state index is 0.0998. The Morgan fingerprint density at radius 2 is 1.49 bits per heavy atom. The first-order chi connectivity index (χ1) is 30.8. The van der Waals surface area contributed by atoms with Gasteiger partial charge in [-0.2, -0.15) is 0 Å². The van der Waals surface area contributed by atoms with Gasteiger partial charge in [0, 0.05) is 44.3 Å². The van der Waals surface area contributed by atoms with Crippen molar-refractivity contribution in [1.82, 2.24) is 25.8 Å². The third-order valence-corrected chi connectivity index (χ3v) is 12.1. The van der Waals surface area contributed by atoms with E-state index in [1.54, 1.807) is 17.9 Å². The fraction of sp³-hybridized carbons (Fsp3) is 0.520. The van der Waals surface area contributed by atoms with Gasteiger partial charge in [0.1, 0.15) is 35.1 Å². The molecule has 6 atom stereocenters. The molecule has 0 bridgehead atoms. The summed E-state index contributed by atoms with van der Waals surface area (Å²) in [6.45, 7) is 17.4. The van der Waals surface area contributed by atoms with Gasteiger partial charge in [0.2, 0.25) is 17.7 Å². The number of ether oxygens (including phenoxy) is 3. The Morgan fingerprint density at radius 1 is 0.862 bits per heavy atom. The number of Topliss-reactive ketones (excluding diaryl/α,β-unsaturated/α-hetero) is 1. The van der Waals surface area contributed by atoms with Gasteiger partial charge < -0.3 is 44.9 Å². The van der Waals surface area contributed by atoms with Crippen molar-refractivity contribution in [3.63, 3.8) is 0 Å². The van der Waals surface area contributed by atoms with Crippen molar-refractivity contribution in [2.75, 3.05) is 37.7 Å². The summed E-state index contributed by atoms with van der Waals surface area (Å²) in [5, 5.41) is 8.64. The van der Waals surface area contributed by atoms with Crippen LogP contribution in [0.2, 0.25) is 0 Å². The number of rotatable bonds is 17. The number of hydrogen-bond acceptors (Lipinski definition) is 10. The highest BCUT2D eigenvalue weighted by molar-refractivity contribution is 5.99. The van der Waals surface area contributed by atoms with Crippen molar-refractivity contribution in [1.29, 1.82) is 0 Å². The van der Waals surface area contributed by atoms with Crippen molar-refractivity contribution in [2.45, 2.75) is 129 Å². The van der Waals surface area contributed by atoms with Crippen LogP contribution in [0, 0.1) is 12.8 Å². The molecule has 350 valence electrons. The molecule has 3 saturated heterocycles. The van der Waals surface area contributed by atoms with E-state index in [1.807, 2.05) is 121 Å². The summed E-state index contributed by atoms with van der Waals surface area (Å²) < 4.78 is 16.8. The SMILES string of the molecule is Cc1cc(N2CCN(C(=O)OC(C)(C)C)CC2)ccc1OC(=O)N[C@@H](CCc1ccccc1)C(=O)N[C@H]1CC(C)N([C@@H](Cc2ccccc2)C(=O)N[C@@H](CC(C)C)C(=O)[C@@]2(C)CO2)C1=O. The zero-order valence-electron chi connectivity index (χ0n) is 39.1. The van der Waals surface area contributed by atoms with Gasteiger partial charge in [0.25, 0.3) is 0 Å². The summed E-state index contributed by atoms with van der Waals surface area (Å²) in [6, 6.07) is 20.1. The van der Waals surface area contributed by atoms with Crippen molar-refractivity contribution < 1.29 is 43.0 Å². The van der Waals surface area contributed by atoms with Crippen LogP contribution >= 0.6 is 0 Å². The molecule has 15 nitrogen and oxygen atoms in total. The number of ketones is 1. The van der Waals surface area contributed by atoms with Crippen molar-refractivity contribution in [3.05, 3.63) is 95.6 Å². The molecule has 6 rings (SSSR count). The zero-order valence-corrected chi connectivity index (χ0v) is 39.1. The van der Waals surface area contributed by atoms with Crippen LogP contribution in [0.4, 0.5) is 15.3 Å². The number of likely N-dealkylation sites (tertiary alicyclic amines) is 1. The molecule has 0 spiro atoms. The smallest absolute Gasteiger partial charge is 0.413 e. The molecule has 0 aromatic heterocycles. The lowest BCUT2D eigenvalue weighted by Gasteiger charge is -2.37. The highest BCUT2D eigenvalue weighted by atomic mass is 16.6. The Morgan fingerprint density at radius 3 is 2.08 bits per heavy atom. The minimum Gasteiger partial charge on any atom is -0.444 e. The molecule has 5 amide bonds. The summed E-state index contributed by atoms with van der Waals surface area (Å²) in [6.07, 6.45) is 0.324. The summed E-state index contributed by atoms with van der Waals surface area (Å²) in [4.78, 5) is 87.9. The second kappa shape index (κ2) is 20.9. The third kappa shape index (κ3) is 13.1. The van der Waals surface area contributed by atoms with E-state index in [9.17, 15) is 28.8 Å². The Labute approximate surface area is 382 Å². The minimum atomic E-state index is -1.07. The second-order valence-electron chi connectivity index (χ2n) is 19.2. The molecule has 0 radical (unpaired) electrons. The number of benzene rings is 3. The van der Waals surface area contributed by atoms with Crippen molar-refractivity contribution in [2.24, 2.45) is 5.92 Å². The summed E-state index contributed by atoms with van der Waals surface area (Å²) in [7, 11) is 0. The van der Waals surface area contributed by atoms with E-state index < -0.39 is 65.2 Å². The number of piperazine rings is 1. The fourth-order valence-electron chi connectivity index (χ4n) is 8.47. The van der Waals surface area contributed by atoms with Crippen LogP contribution in [0.25, 0.3) is 0 Å². The summed E-state index contributed by atoms with van der Waals surface area (Å²) in [5.74, 6) is -1.24. The second-order valence-corrected chi connectivity index (χ2v) is 19.2. The number of epoxide rings is 1. The highest BCUT2D eigenvalue weighted by Crippen LogP contribution is 2.31. The Bertz CT molecular complexity index is 2170. The normalized spacial score (nSPS) is 21.0. The maximum absolute atomic E-state index is 14.4. The molecule has 3 N–H and O–H groups in total. The van der Waals surface area contributed by atoms with E-state index in [0.29, 0.717) is 50.3 Å². The molecular weight excluding hydrogens is 829 g/mol. The fourth-order valence-corrected chi connectivity index (χ4v) is 8.47. The number of carbonyl (C=O) groups is 6. The number of aryl methyl sites for hydroxylation is 2. The number of carbonyl (C=O) groups excluding carboxylic acids is 6. The maximum atomic E-state index is 14.4. The quantitative estimate of drug-likeness (QED) is 0.142. The van der Waals surface area contributed by atoms with Crippen LogP contribution in [0.3, 0.4) is 0 Å². The number of nitrogens with zero attached hydrogens (tertiary/aromatic N) is 3. The van der Waals surface area contributed by atoms with Gasteiger partial charge in [-0.1, -0.05) is 74.5 Å². The van der Waals surface area contributed by atoms with Gasteiger partial charge >= 0.3 is 12.2 Å². The molecular formula is C50H66N6O9. The molecule has 0 saturated carbocycles. The number of amides is 5. The monoisotopic (exact) mass is 894 g/mol. The van der Waals surface area contributed by atoms with Gasteiger partial charge in [-0.15, -0.1) is 0 Å². The van der Waals surface area contributed by atoms with Crippen LogP contribution in [-0.2, 0) is 41.5 Å². The van der Waals surface area contributed by atoms with Crippen LogP contribution in [0.15, 0.2) is 78.9 Å². The third-order valence-electron chi connectivity index (χ3n) is 12.1. The summed E-state index contributed by atoms with van der Waals surface area (Å²) in [5.41, 5.74) is 1.89. The van der Waals surface area contributed by atoms with Crippen LogP contribution in [0.5, 0.6) is 5.75 Å². The molecule has 3 aromatic rings. The van der Waals surface area contributed by atoms with Crippen LogP contribution in [0.1, 0.15) is 84.4 Å². The van der Waals surface area contributed by atoms with Gasteiger partial charge in [0.15, 0.2) is 5.78 Å². The molecule has 3 aliphatic heterocycles. The average Bonchev–Trinajstić information content (AvgIpc) is 3.96. The standard InChI is InChI=1S/C50H66N6O9/c1-32(2)27-39(43(57)50(8)31-63-50)51-45(59)41(30-36-17-13-10-14-18-36)56-34(4)29-40(46(56)60)52-44(58)38(21-19-35-15-11-9-12-16-35)53-47(61)64-42-22-20-37(28-33(42)3)54-23-25-55(26-24-54)48(62)65-49(5,6)7/h9-18,20,22,28,32,34,38-41H,19,21,23-27,29-31H2,1-8H3,(H,51,59)(H,52,58)(H,53,61)/t34?,38-,39-,40-,41-,50+/m0/s1. The summed E-state index contributed by atoms with van der Waals surface area (Å²) >= 11 is 0. The first-order valence-electron chi connectivity index (χ1n) is 22.8. The Balaban J connectivity index is 1.13. The lowest BCUT2D eigenvalue weighted by atomic mass is 9.92. The molecule has 3 aliphatic rings. The molecule has 0 aliphatic carbocycles. The Hall–Kier alpha value is -5.96. The lowest BCUT2D eigenvalue weighted by molar-refractivity contribution is -0.142. The van der Waals surface area contributed by atoms with Crippen LogP contribution < -0.4 is 25.6 Å². The van der Waals surface area contributed by atoms with Gasteiger partial charge in [-0.3, -0.25) is 19.2 Å². The predicted octanol–water partition coefficient (Wildman–Crippen LogP) is 5.75. The van der Waals surface area contributed by atoms with E-state index in [1.165, 1.54) is 4.90 Å². The number of anilines is 1. The van der Waals surface area contributed by atoms with Crippen LogP contribution in [-0.4, -0.2) is 120 Å². The molecule has 65 heavy (non-hydrogen) atoms. The molecule has 1 unspecified atom stereocenters. The van der Waals surface area contributed by atoms with Gasteiger partial charge in [-0.05, 0) is 108 Å². The maximum Gasteiger partial charge on any atom is 0.413 e. The first-order valence-corrected chi connectivity index (χ1v) is 22.8. The largest absolute Gasteiger partial charge is 0.444 e. The number of nitrogens with one attached hydrogen (secondary N) is 3. The number of hydrogen-bond donors (Lipinski definition) is 3. The lowest BCUT2D eigenvalue weighted by Crippen LogP contribution is -2.57. The average molecular weight is 895 g/mol. The highest BCUT2D eigenvalue weighted by Gasteiger charge is 2.51. The van der Waals surface area contributed by atoms with Gasteiger partial charge in [0.05, 0.1) is 12.6 Å². The predicted molar refractivity (Wildman–Crippen MR) is 246 cm³/mol. The zero-order chi connectivity index (χ0) is 47.1. The molecule has 15 heteroatoms. The molecule has 3 fully saturated rings. The van der Waals surface area contributed by atoms with E-state index in [4.69, 9.17) is 14.2 Å². The van der Waals surface area contributed by atoms with E-state index in [0.717, 1.165) is 16.8 Å².